The lowest BCUT2D eigenvalue weighted by atomic mass is 9.75. The van der Waals surface area contributed by atoms with E-state index in [2.05, 4.69) is 10.3 Å². The Hall–Kier alpha value is -3.78. The van der Waals surface area contributed by atoms with Gasteiger partial charge in [0.15, 0.2) is 5.13 Å². The highest BCUT2D eigenvalue weighted by Crippen LogP contribution is 2.43. The van der Waals surface area contributed by atoms with Crippen molar-refractivity contribution >= 4 is 39.8 Å². The second kappa shape index (κ2) is 10.0. The first kappa shape index (κ1) is 23.4. The van der Waals surface area contributed by atoms with Gasteiger partial charge in [0, 0.05) is 34.0 Å². The standard InChI is InChI=1S/C26H25N3O4S/c1-15-21(24(30)32-3)23(22(16(2)27-15)25(31)33-4)18-12-8-9-13-19(18)28-26-29-20(14-34-26)17-10-6-5-7-11-17/h5-14,21,23H,1-4H3,(H,28,29). The molecule has 2 unspecified atom stereocenters. The van der Waals surface area contributed by atoms with Crippen LogP contribution in [0.15, 0.2) is 76.2 Å². The predicted octanol–water partition coefficient (Wildman–Crippen LogP) is 5.35. The highest BCUT2D eigenvalue weighted by Gasteiger charge is 2.43. The van der Waals surface area contributed by atoms with E-state index in [0.29, 0.717) is 22.1 Å². The van der Waals surface area contributed by atoms with Crippen molar-refractivity contribution < 1.29 is 19.1 Å². The van der Waals surface area contributed by atoms with Gasteiger partial charge in [0.25, 0.3) is 0 Å². The summed E-state index contributed by atoms with van der Waals surface area (Å²) in [5.74, 6) is -2.38. The molecule has 0 radical (unpaired) electrons. The van der Waals surface area contributed by atoms with Crippen LogP contribution in [0.5, 0.6) is 0 Å². The Morgan fingerprint density at radius 3 is 2.38 bits per heavy atom. The molecule has 2 heterocycles. The topological polar surface area (TPSA) is 89.9 Å². The molecule has 174 valence electrons. The predicted molar refractivity (Wildman–Crippen MR) is 133 cm³/mol. The highest BCUT2D eigenvalue weighted by molar-refractivity contribution is 7.14. The number of aromatic nitrogens is 1. The van der Waals surface area contributed by atoms with Gasteiger partial charge in [0.1, 0.15) is 5.92 Å². The molecule has 0 bridgehead atoms. The Morgan fingerprint density at radius 2 is 1.68 bits per heavy atom. The van der Waals surface area contributed by atoms with Crippen LogP contribution in [0.3, 0.4) is 0 Å². The Morgan fingerprint density at radius 1 is 0.971 bits per heavy atom. The van der Waals surface area contributed by atoms with Crippen LogP contribution >= 0.6 is 11.3 Å². The monoisotopic (exact) mass is 475 g/mol. The molecule has 1 aliphatic heterocycles. The molecular formula is C26H25N3O4S. The molecule has 34 heavy (non-hydrogen) atoms. The molecule has 2 aromatic carbocycles. The average molecular weight is 476 g/mol. The summed E-state index contributed by atoms with van der Waals surface area (Å²) in [6.45, 7) is 3.52. The van der Waals surface area contributed by atoms with Crippen molar-refractivity contribution in [2.45, 2.75) is 19.8 Å². The van der Waals surface area contributed by atoms with E-state index in [-0.39, 0.29) is 0 Å². The SMILES string of the molecule is COC(=O)C1=C(C)N=C(C)C(C(=O)OC)C1c1ccccc1Nc1nc(-c2ccccc2)cs1. The molecule has 1 aromatic heterocycles. The zero-order valence-electron chi connectivity index (χ0n) is 19.4. The number of hydrogen-bond acceptors (Lipinski definition) is 8. The Kier molecular flexibility index (Phi) is 6.88. The minimum absolute atomic E-state index is 0.335. The third-order valence-corrected chi connectivity index (χ3v) is 6.56. The van der Waals surface area contributed by atoms with Crippen LogP contribution in [0.2, 0.25) is 0 Å². The van der Waals surface area contributed by atoms with Gasteiger partial charge >= 0.3 is 11.9 Å². The van der Waals surface area contributed by atoms with E-state index in [1.54, 1.807) is 13.8 Å². The van der Waals surface area contributed by atoms with Crippen LogP contribution in [-0.4, -0.2) is 36.9 Å². The van der Waals surface area contributed by atoms with Crippen molar-refractivity contribution in [2.75, 3.05) is 19.5 Å². The zero-order valence-corrected chi connectivity index (χ0v) is 20.2. The maximum absolute atomic E-state index is 12.8. The number of carbonyl (C=O) groups is 2. The van der Waals surface area contributed by atoms with E-state index < -0.39 is 23.8 Å². The number of aliphatic imine (C=N–C) groups is 1. The molecule has 0 aliphatic carbocycles. The van der Waals surface area contributed by atoms with Crippen LogP contribution < -0.4 is 5.32 Å². The summed E-state index contributed by atoms with van der Waals surface area (Å²) in [6, 6.07) is 17.5. The number of rotatable bonds is 6. The first-order valence-electron chi connectivity index (χ1n) is 10.7. The Balaban J connectivity index is 1.78. The van der Waals surface area contributed by atoms with Gasteiger partial charge < -0.3 is 14.8 Å². The smallest absolute Gasteiger partial charge is 0.336 e. The number of anilines is 2. The zero-order chi connectivity index (χ0) is 24.2. The number of hydrogen-bond donors (Lipinski definition) is 1. The van der Waals surface area contributed by atoms with Gasteiger partial charge in [-0.2, -0.15) is 0 Å². The Labute approximate surface area is 202 Å². The molecular weight excluding hydrogens is 450 g/mol. The number of para-hydroxylation sites is 1. The fraction of sp³-hybridized carbons (Fsp3) is 0.231. The molecule has 0 fully saturated rings. The molecule has 4 rings (SSSR count). The lowest BCUT2D eigenvalue weighted by Gasteiger charge is -2.32. The summed E-state index contributed by atoms with van der Waals surface area (Å²) in [6.07, 6.45) is 0. The number of esters is 2. The van der Waals surface area contributed by atoms with Crippen molar-refractivity contribution in [1.82, 2.24) is 4.98 Å². The van der Waals surface area contributed by atoms with E-state index in [9.17, 15) is 9.59 Å². The summed E-state index contributed by atoms with van der Waals surface area (Å²) >= 11 is 1.48. The lowest BCUT2D eigenvalue weighted by molar-refractivity contribution is -0.143. The third kappa shape index (κ3) is 4.49. The van der Waals surface area contributed by atoms with E-state index in [4.69, 9.17) is 14.5 Å². The fourth-order valence-electron chi connectivity index (χ4n) is 4.25. The van der Waals surface area contributed by atoms with Gasteiger partial charge in [-0.25, -0.2) is 9.78 Å². The number of ether oxygens (including phenoxy) is 2. The van der Waals surface area contributed by atoms with Crippen molar-refractivity contribution in [1.29, 1.82) is 0 Å². The van der Waals surface area contributed by atoms with Crippen LogP contribution in [0.25, 0.3) is 11.3 Å². The van der Waals surface area contributed by atoms with Gasteiger partial charge in [-0.3, -0.25) is 9.79 Å². The normalized spacial score (nSPS) is 17.7. The molecule has 8 heteroatoms. The number of allylic oxidation sites excluding steroid dienone is 1. The third-order valence-electron chi connectivity index (χ3n) is 5.80. The Bertz CT molecular complexity index is 1280. The maximum atomic E-state index is 12.8. The number of nitrogens with zero attached hydrogens (tertiary/aromatic N) is 2. The van der Waals surface area contributed by atoms with Crippen LogP contribution in [0.4, 0.5) is 10.8 Å². The molecule has 3 aromatic rings. The van der Waals surface area contributed by atoms with Gasteiger partial charge in [-0.1, -0.05) is 48.5 Å². The number of carbonyl (C=O) groups excluding carboxylic acids is 2. The molecule has 0 amide bonds. The number of nitrogens with one attached hydrogen (secondary N) is 1. The average Bonchev–Trinajstić information content (AvgIpc) is 3.32. The van der Waals surface area contributed by atoms with Crippen LogP contribution in [0.1, 0.15) is 25.3 Å². The molecule has 2 atom stereocenters. The molecule has 0 saturated carbocycles. The number of methoxy groups -OCH3 is 2. The summed E-state index contributed by atoms with van der Waals surface area (Å²) in [7, 11) is 2.66. The summed E-state index contributed by atoms with van der Waals surface area (Å²) in [5.41, 5.74) is 4.81. The van der Waals surface area contributed by atoms with Crippen molar-refractivity contribution in [3.63, 3.8) is 0 Å². The van der Waals surface area contributed by atoms with Crippen molar-refractivity contribution in [3.8, 4) is 11.3 Å². The molecule has 0 saturated heterocycles. The van der Waals surface area contributed by atoms with E-state index in [1.807, 2.05) is 60.0 Å². The summed E-state index contributed by atoms with van der Waals surface area (Å²) < 4.78 is 10.2. The quantitative estimate of drug-likeness (QED) is 0.484. The van der Waals surface area contributed by atoms with E-state index in [1.165, 1.54) is 25.6 Å². The molecule has 7 nitrogen and oxygen atoms in total. The highest BCUT2D eigenvalue weighted by atomic mass is 32.1. The lowest BCUT2D eigenvalue weighted by Crippen LogP contribution is -2.36. The van der Waals surface area contributed by atoms with Crippen LogP contribution in [0, 0.1) is 5.92 Å². The summed E-state index contributed by atoms with van der Waals surface area (Å²) in [5, 5.41) is 6.07. The number of thiazole rings is 1. The molecule has 0 spiro atoms. The van der Waals surface area contributed by atoms with Crippen molar-refractivity contribution in [2.24, 2.45) is 10.9 Å². The van der Waals surface area contributed by atoms with E-state index in [0.717, 1.165) is 22.5 Å². The molecule has 1 N–H and O–H groups in total. The van der Waals surface area contributed by atoms with E-state index >= 15 is 0 Å². The minimum atomic E-state index is -0.762. The van der Waals surface area contributed by atoms with Gasteiger partial charge in [0.05, 0.1) is 25.5 Å². The second-order valence-electron chi connectivity index (χ2n) is 7.84. The van der Waals surface area contributed by atoms with Gasteiger partial charge in [-0.05, 0) is 25.5 Å². The largest absolute Gasteiger partial charge is 0.468 e. The summed E-state index contributed by atoms with van der Waals surface area (Å²) in [4.78, 5) is 34.9. The molecule has 1 aliphatic rings. The van der Waals surface area contributed by atoms with Crippen LogP contribution in [-0.2, 0) is 19.1 Å². The minimum Gasteiger partial charge on any atom is -0.468 e. The number of benzene rings is 2. The first-order valence-corrected chi connectivity index (χ1v) is 11.6. The fourth-order valence-corrected chi connectivity index (χ4v) is 4.98. The first-order chi connectivity index (χ1) is 16.4. The van der Waals surface area contributed by atoms with Gasteiger partial charge in [0.2, 0.25) is 0 Å². The maximum Gasteiger partial charge on any atom is 0.336 e. The van der Waals surface area contributed by atoms with Crippen molar-refractivity contribution in [3.05, 3.63) is 76.8 Å². The van der Waals surface area contributed by atoms with Gasteiger partial charge in [-0.15, -0.1) is 11.3 Å². The second-order valence-corrected chi connectivity index (χ2v) is 8.70.